The van der Waals surface area contributed by atoms with Gasteiger partial charge in [-0.1, -0.05) is 30.3 Å². The number of morpholine rings is 1. The zero-order chi connectivity index (χ0) is 21.9. The Morgan fingerprint density at radius 3 is 2.56 bits per heavy atom. The van der Waals surface area contributed by atoms with Crippen molar-refractivity contribution in [3.8, 4) is 12.3 Å². The summed E-state index contributed by atoms with van der Waals surface area (Å²) in [7, 11) is 1.98. The number of benzene rings is 2. The summed E-state index contributed by atoms with van der Waals surface area (Å²) >= 11 is 0. The lowest BCUT2D eigenvalue weighted by atomic mass is 9.90. The Kier molecular flexibility index (Phi) is 4.43. The molecule has 162 valence electrons. The van der Waals surface area contributed by atoms with Crippen molar-refractivity contribution in [2.45, 2.75) is 37.4 Å². The van der Waals surface area contributed by atoms with Crippen molar-refractivity contribution in [3.63, 3.8) is 0 Å². The number of nitrogens with one attached hydrogen (secondary N) is 1. The molecule has 0 radical (unpaired) electrons. The predicted molar refractivity (Wildman–Crippen MR) is 125 cm³/mol. The number of anilines is 1. The van der Waals surface area contributed by atoms with Gasteiger partial charge in [-0.15, -0.1) is 6.42 Å². The molecule has 0 saturated carbocycles. The number of carbonyl (C=O) groups excluding carboxylic acids is 1. The summed E-state index contributed by atoms with van der Waals surface area (Å²) < 4.78 is 5.95. The van der Waals surface area contributed by atoms with Crippen molar-refractivity contribution < 1.29 is 14.0 Å². The fraction of sp³-hybridized carbons (Fsp3) is 0.370. The first-order valence-electron chi connectivity index (χ1n) is 11.5. The van der Waals surface area contributed by atoms with Crippen LogP contribution in [0, 0.1) is 12.3 Å². The van der Waals surface area contributed by atoms with E-state index in [0.717, 1.165) is 36.4 Å². The number of amides is 1. The number of para-hydroxylation sites is 1. The number of H-pyrrole nitrogens is 1. The van der Waals surface area contributed by atoms with E-state index in [1.165, 1.54) is 29.5 Å². The van der Waals surface area contributed by atoms with Crippen LogP contribution in [-0.4, -0.2) is 54.3 Å². The molecule has 0 aliphatic carbocycles. The van der Waals surface area contributed by atoms with Gasteiger partial charge in [-0.2, -0.15) is 0 Å². The Morgan fingerprint density at radius 2 is 1.84 bits per heavy atom. The van der Waals surface area contributed by atoms with Crippen LogP contribution in [0.5, 0.6) is 0 Å². The molecular weight excluding hydrogens is 398 g/mol. The van der Waals surface area contributed by atoms with Crippen molar-refractivity contribution >= 4 is 22.5 Å². The number of aromatic amines is 1. The normalized spacial score (nSPS) is 29.0. The third-order valence-corrected chi connectivity index (χ3v) is 7.85. The van der Waals surface area contributed by atoms with Gasteiger partial charge in [-0.05, 0) is 36.6 Å². The number of ether oxygens (including phenoxy) is 1. The molecule has 4 heterocycles. The van der Waals surface area contributed by atoms with Gasteiger partial charge in [0.25, 0.3) is 0 Å². The number of carbonyl (C=O) groups is 1. The summed E-state index contributed by atoms with van der Waals surface area (Å²) in [5, 5.41) is 1.24. The quantitative estimate of drug-likeness (QED) is 0.501. The van der Waals surface area contributed by atoms with Gasteiger partial charge in [0, 0.05) is 34.5 Å². The molecule has 2 aromatic carbocycles. The third kappa shape index (κ3) is 2.76. The Labute approximate surface area is 188 Å². The van der Waals surface area contributed by atoms with E-state index in [9.17, 15) is 4.79 Å². The van der Waals surface area contributed by atoms with E-state index in [4.69, 9.17) is 11.2 Å². The Morgan fingerprint density at radius 1 is 1.12 bits per heavy atom. The summed E-state index contributed by atoms with van der Waals surface area (Å²) in [6, 6.07) is 18.0. The second kappa shape index (κ2) is 7.23. The molecule has 5 nitrogen and oxygen atoms in total. The minimum atomic E-state index is -0.172. The Bertz CT molecular complexity index is 1220. The van der Waals surface area contributed by atoms with Gasteiger partial charge in [-0.25, -0.2) is 9.28 Å². The van der Waals surface area contributed by atoms with E-state index in [2.05, 4.69) is 58.3 Å². The minimum Gasteiger partial charge on any atom is -0.377 e. The van der Waals surface area contributed by atoms with Crippen molar-refractivity contribution in [3.05, 3.63) is 65.4 Å². The largest absolute Gasteiger partial charge is 0.392 e. The second-order valence-electron chi connectivity index (χ2n) is 9.58. The topological polar surface area (TPSA) is 45.3 Å². The van der Waals surface area contributed by atoms with Gasteiger partial charge in [0.1, 0.15) is 0 Å². The van der Waals surface area contributed by atoms with Crippen LogP contribution in [-0.2, 0) is 16.0 Å². The first kappa shape index (κ1) is 19.6. The SMILES string of the molecule is C#CC(=O)[N+]1(C)CCc2c([nH]c3ccccc23)C1c1ccc(N2C3CCC2COC3)cc1. The molecule has 3 aromatic rings. The van der Waals surface area contributed by atoms with Gasteiger partial charge in [0.05, 0.1) is 44.6 Å². The molecule has 0 spiro atoms. The molecule has 3 aliphatic heterocycles. The smallest absolute Gasteiger partial charge is 0.377 e. The fourth-order valence-corrected chi connectivity index (χ4v) is 6.22. The molecule has 6 rings (SSSR count). The van der Waals surface area contributed by atoms with Crippen LogP contribution < -0.4 is 4.90 Å². The number of nitrogens with zero attached hydrogens (tertiary/aromatic N) is 2. The van der Waals surface area contributed by atoms with Crippen molar-refractivity contribution in [1.82, 2.24) is 4.98 Å². The number of hydrogen-bond acceptors (Lipinski definition) is 3. The number of terminal acetylenes is 1. The zero-order valence-electron chi connectivity index (χ0n) is 18.4. The molecular formula is C27H28N3O2+. The second-order valence-corrected chi connectivity index (χ2v) is 9.58. The lowest BCUT2D eigenvalue weighted by Gasteiger charge is -2.41. The molecule has 1 aromatic heterocycles. The standard InChI is InChI=1S/C27H28N3O2/c1-3-25(31)30(2)15-14-23-22-6-4-5-7-24(22)28-26(23)27(30)18-8-10-19(11-9-18)29-20-12-13-21(29)17-32-16-20/h1,4-11,20-21,27-28H,12-17H2,2H3/q+1. The lowest BCUT2D eigenvalue weighted by molar-refractivity contribution is -0.859. The van der Waals surface area contributed by atoms with E-state index < -0.39 is 0 Å². The van der Waals surface area contributed by atoms with E-state index in [1.807, 2.05) is 13.1 Å². The molecule has 2 fully saturated rings. The highest BCUT2D eigenvalue weighted by Gasteiger charge is 2.47. The summed E-state index contributed by atoms with van der Waals surface area (Å²) in [5.74, 6) is 2.25. The van der Waals surface area contributed by atoms with Gasteiger partial charge in [0.2, 0.25) is 0 Å². The van der Waals surface area contributed by atoms with E-state index in [1.54, 1.807) is 0 Å². The maximum absolute atomic E-state index is 13.0. The number of aromatic nitrogens is 1. The van der Waals surface area contributed by atoms with E-state index >= 15 is 0 Å². The minimum absolute atomic E-state index is 0.148. The van der Waals surface area contributed by atoms with Crippen LogP contribution in [0.3, 0.4) is 0 Å². The Hall–Kier alpha value is -3.07. The fourth-order valence-electron chi connectivity index (χ4n) is 6.22. The molecule has 4 atom stereocenters. The van der Waals surface area contributed by atoms with Crippen LogP contribution in [0.2, 0.25) is 0 Å². The average Bonchev–Trinajstić information content (AvgIpc) is 3.31. The molecule has 3 aliphatic rings. The van der Waals surface area contributed by atoms with Crippen LogP contribution in [0.15, 0.2) is 48.5 Å². The number of fused-ring (bicyclic) bond motifs is 5. The van der Waals surface area contributed by atoms with Gasteiger partial charge in [-0.3, -0.25) is 0 Å². The first-order valence-corrected chi connectivity index (χ1v) is 11.5. The molecule has 4 unspecified atom stereocenters. The van der Waals surface area contributed by atoms with Crippen LogP contribution in [0.4, 0.5) is 5.69 Å². The summed E-state index contributed by atoms with van der Waals surface area (Å²) in [4.78, 5) is 19.2. The van der Waals surface area contributed by atoms with Gasteiger partial charge < -0.3 is 14.6 Å². The number of hydrogen-bond donors (Lipinski definition) is 1. The van der Waals surface area contributed by atoms with Crippen molar-refractivity contribution in [2.75, 3.05) is 31.7 Å². The zero-order valence-corrected chi connectivity index (χ0v) is 18.4. The summed E-state index contributed by atoms with van der Waals surface area (Å²) in [6.45, 7) is 2.31. The Balaban J connectivity index is 1.45. The highest BCUT2D eigenvalue weighted by molar-refractivity contribution is 5.89. The predicted octanol–water partition coefficient (Wildman–Crippen LogP) is 3.79. The van der Waals surface area contributed by atoms with Crippen LogP contribution in [0.25, 0.3) is 10.9 Å². The number of likely N-dealkylation sites (N-methyl/N-ethyl adjacent to an activating group) is 1. The molecule has 1 N–H and O–H groups in total. The van der Waals surface area contributed by atoms with E-state index in [0.29, 0.717) is 18.6 Å². The molecule has 1 amide bonds. The average molecular weight is 427 g/mol. The molecule has 2 bridgehead atoms. The number of rotatable bonds is 2. The summed E-state index contributed by atoms with van der Waals surface area (Å²) in [5.41, 5.74) is 5.90. The van der Waals surface area contributed by atoms with Crippen LogP contribution in [0.1, 0.15) is 35.7 Å². The van der Waals surface area contributed by atoms with Crippen molar-refractivity contribution in [1.29, 1.82) is 0 Å². The summed E-state index contributed by atoms with van der Waals surface area (Å²) in [6.07, 6.45) is 8.85. The maximum atomic E-state index is 13.0. The maximum Gasteiger partial charge on any atom is 0.392 e. The van der Waals surface area contributed by atoms with Crippen molar-refractivity contribution in [2.24, 2.45) is 0 Å². The number of quaternary nitrogens is 1. The molecule has 2 saturated heterocycles. The first-order chi connectivity index (χ1) is 15.6. The third-order valence-electron chi connectivity index (χ3n) is 7.85. The van der Waals surface area contributed by atoms with Crippen LogP contribution >= 0.6 is 0 Å². The lowest BCUT2D eigenvalue weighted by Crippen LogP contribution is -2.55. The highest BCUT2D eigenvalue weighted by atomic mass is 16.5. The molecule has 5 heteroatoms. The van der Waals surface area contributed by atoms with Gasteiger partial charge >= 0.3 is 5.91 Å². The monoisotopic (exact) mass is 426 g/mol. The molecule has 32 heavy (non-hydrogen) atoms. The highest BCUT2D eigenvalue weighted by Crippen LogP contribution is 2.43. The van der Waals surface area contributed by atoms with E-state index in [-0.39, 0.29) is 16.4 Å². The van der Waals surface area contributed by atoms with Gasteiger partial charge in [0.15, 0.2) is 6.04 Å².